The van der Waals surface area contributed by atoms with Gasteiger partial charge in [-0.05, 0) is 56.3 Å². The largest absolute Gasteiger partial charge is 0.494 e. The molecule has 0 fully saturated rings. The van der Waals surface area contributed by atoms with E-state index in [0.717, 1.165) is 16.2 Å². The lowest BCUT2D eigenvalue weighted by Gasteiger charge is -2.13. The molecule has 7 heteroatoms. The van der Waals surface area contributed by atoms with Crippen molar-refractivity contribution in [1.29, 1.82) is 0 Å². The molecule has 3 aromatic carbocycles. The first-order chi connectivity index (χ1) is 14.4. The third kappa shape index (κ3) is 5.86. The fourth-order valence-electron chi connectivity index (χ4n) is 2.74. The summed E-state index contributed by atoms with van der Waals surface area (Å²) in [5, 5.41) is 3.76. The number of aryl methyl sites for hydroxylation is 1. The molecule has 30 heavy (non-hydrogen) atoms. The van der Waals surface area contributed by atoms with E-state index < -0.39 is 0 Å². The minimum absolute atomic E-state index is 0.292. The van der Waals surface area contributed by atoms with Gasteiger partial charge in [0.05, 0.1) is 27.4 Å². The number of benzene rings is 3. The highest BCUT2D eigenvalue weighted by Crippen LogP contribution is 2.33. The molecular formula is C23H20Cl3NO2S. The Morgan fingerprint density at radius 3 is 2.37 bits per heavy atom. The van der Waals surface area contributed by atoms with Gasteiger partial charge in [-0.3, -0.25) is 4.79 Å². The molecule has 3 rings (SSSR count). The molecule has 0 atom stereocenters. The number of nitrogens with one attached hydrogen (secondary N) is 1. The molecule has 0 saturated carbocycles. The second-order valence-electron chi connectivity index (χ2n) is 6.56. The van der Waals surface area contributed by atoms with E-state index >= 15 is 0 Å². The Labute approximate surface area is 195 Å². The van der Waals surface area contributed by atoms with Crippen molar-refractivity contribution in [3.8, 4) is 5.75 Å². The third-order valence-corrected chi connectivity index (χ3v) is 6.39. The molecule has 0 unspecified atom stereocenters. The highest BCUT2D eigenvalue weighted by atomic mass is 35.5. The zero-order chi connectivity index (χ0) is 21.7. The standard InChI is InChI=1S/C23H20Cl3NO2S/c1-3-29-22-9-6-15(10-16(22)13-30-17-7-4-14(2)5-8-17)23(28)27-21-12-19(25)18(24)11-20(21)26/h4-12H,3,13H2,1-2H3,(H,27,28). The summed E-state index contributed by atoms with van der Waals surface area (Å²) in [6.45, 7) is 4.54. The number of ether oxygens (including phenoxy) is 1. The van der Waals surface area contributed by atoms with Crippen LogP contribution in [0.3, 0.4) is 0 Å². The summed E-state index contributed by atoms with van der Waals surface area (Å²) < 4.78 is 5.75. The fraction of sp³-hybridized carbons (Fsp3) is 0.174. The summed E-state index contributed by atoms with van der Waals surface area (Å²) in [4.78, 5) is 14.0. The monoisotopic (exact) mass is 479 g/mol. The van der Waals surface area contributed by atoms with Crippen molar-refractivity contribution in [1.82, 2.24) is 0 Å². The van der Waals surface area contributed by atoms with Crippen LogP contribution in [-0.4, -0.2) is 12.5 Å². The van der Waals surface area contributed by atoms with Crippen LogP contribution in [-0.2, 0) is 5.75 Å². The van der Waals surface area contributed by atoms with Crippen molar-refractivity contribution in [2.24, 2.45) is 0 Å². The van der Waals surface area contributed by atoms with Crippen LogP contribution >= 0.6 is 46.6 Å². The van der Waals surface area contributed by atoms with Crippen LogP contribution in [0.2, 0.25) is 15.1 Å². The zero-order valence-corrected chi connectivity index (χ0v) is 19.6. The van der Waals surface area contributed by atoms with Crippen molar-refractivity contribution < 1.29 is 9.53 Å². The lowest BCUT2D eigenvalue weighted by atomic mass is 10.1. The van der Waals surface area contributed by atoms with Crippen LogP contribution < -0.4 is 10.1 Å². The molecule has 0 bridgehead atoms. The Kier molecular flexibility index (Phi) is 7.95. The van der Waals surface area contributed by atoms with E-state index in [1.54, 1.807) is 17.8 Å². The van der Waals surface area contributed by atoms with Gasteiger partial charge in [0.2, 0.25) is 0 Å². The fourth-order valence-corrected chi connectivity index (χ4v) is 4.21. The quantitative estimate of drug-likeness (QED) is 0.276. The molecule has 0 radical (unpaired) electrons. The maximum absolute atomic E-state index is 12.8. The van der Waals surface area contributed by atoms with Crippen LogP contribution in [0.5, 0.6) is 5.75 Å². The number of hydrogen-bond donors (Lipinski definition) is 1. The smallest absolute Gasteiger partial charge is 0.255 e. The molecule has 3 aromatic rings. The number of thioether (sulfide) groups is 1. The first-order valence-electron chi connectivity index (χ1n) is 9.28. The van der Waals surface area contributed by atoms with Gasteiger partial charge in [-0.2, -0.15) is 0 Å². The second-order valence-corrected chi connectivity index (χ2v) is 8.83. The highest BCUT2D eigenvalue weighted by molar-refractivity contribution is 7.98. The predicted octanol–water partition coefficient (Wildman–Crippen LogP) is 7.90. The first-order valence-corrected chi connectivity index (χ1v) is 11.4. The first kappa shape index (κ1) is 22.8. The minimum atomic E-state index is -0.292. The van der Waals surface area contributed by atoms with Gasteiger partial charge in [0.25, 0.3) is 5.91 Å². The Morgan fingerprint density at radius 1 is 0.967 bits per heavy atom. The average Bonchev–Trinajstić information content (AvgIpc) is 2.72. The van der Waals surface area contributed by atoms with Gasteiger partial charge in [-0.1, -0.05) is 52.5 Å². The Hall–Kier alpha value is -1.85. The van der Waals surface area contributed by atoms with E-state index in [-0.39, 0.29) is 5.91 Å². The van der Waals surface area contributed by atoms with Crippen LogP contribution in [0.1, 0.15) is 28.4 Å². The van der Waals surface area contributed by atoms with Gasteiger partial charge in [-0.25, -0.2) is 0 Å². The van der Waals surface area contributed by atoms with Gasteiger partial charge in [0, 0.05) is 21.8 Å². The van der Waals surface area contributed by atoms with Gasteiger partial charge >= 0.3 is 0 Å². The van der Waals surface area contributed by atoms with E-state index in [4.69, 9.17) is 39.5 Å². The molecule has 1 amide bonds. The second kappa shape index (κ2) is 10.5. The Bertz CT molecular complexity index is 1060. The molecule has 0 aliphatic rings. The third-order valence-electron chi connectivity index (χ3n) is 4.30. The van der Waals surface area contributed by atoms with Crippen LogP contribution in [0.4, 0.5) is 5.69 Å². The van der Waals surface area contributed by atoms with Crippen molar-refractivity contribution in [2.45, 2.75) is 24.5 Å². The summed E-state index contributed by atoms with van der Waals surface area (Å²) >= 11 is 19.9. The highest BCUT2D eigenvalue weighted by Gasteiger charge is 2.14. The summed E-state index contributed by atoms with van der Waals surface area (Å²) in [6, 6.07) is 16.8. The van der Waals surface area contributed by atoms with E-state index in [1.165, 1.54) is 17.7 Å². The van der Waals surface area contributed by atoms with E-state index in [0.29, 0.717) is 38.7 Å². The van der Waals surface area contributed by atoms with Crippen LogP contribution in [0, 0.1) is 6.92 Å². The maximum Gasteiger partial charge on any atom is 0.255 e. The number of amides is 1. The summed E-state index contributed by atoms with van der Waals surface area (Å²) in [7, 11) is 0. The minimum Gasteiger partial charge on any atom is -0.494 e. The van der Waals surface area contributed by atoms with E-state index in [9.17, 15) is 4.79 Å². The number of rotatable bonds is 7. The Morgan fingerprint density at radius 2 is 1.67 bits per heavy atom. The number of carbonyl (C=O) groups is 1. The van der Waals surface area contributed by atoms with Crippen molar-refractivity contribution in [3.63, 3.8) is 0 Å². The van der Waals surface area contributed by atoms with Crippen LogP contribution in [0.15, 0.2) is 59.5 Å². The van der Waals surface area contributed by atoms with Crippen molar-refractivity contribution >= 4 is 58.2 Å². The molecule has 0 aliphatic carbocycles. The predicted molar refractivity (Wildman–Crippen MR) is 128 cm³/mol. The van der Waals surface area contributed by atoms with E-state index in [2.05, 4.69) is 36.5 Å². The molecule has 0 spiro atoms. The zero-order valence-electron chi connectivity index (χ0n) is 16.5. The van der Waals surface area contributed by atoms with Gasteiger partial charge in [0.15, 0.2) is 0 Å². The van der Waals surface area contributed by atoms with Gasteiger partial charge < -0.3 is 10.1 Å². The van der Waals surface area contributed by atoms with E-state index in [1.807, 2.05) is 19.1 Å². The molecule has 0 aromatic heterocycles. The molecule has 3 nitrogen and oxygen atoms in total. The van der Waals surface area contributed by atoms with Crippen molar-refractivity contribution in [3.05, 3.63) is 86.4 Å². The molecular weight excluding hydrogens is 461 g/mol. The summed E-state index contributed by atoms with van der Waals surface area (Å²) in [5.74, 6) is 1.15. The lowest BCUT2D eigenvalue weighted by molar-refractivity contribution is 0.102. The Balaban J connectivity index is 1.81. The molecule has 0 saturated heterocycles. The average molecular weight is 481 g/mol. The van der Waals surface area contributed by atoms with Crippen LogP contribution in [0.25, 0.3) is 0 Å². The molecule has 0 heterocycles. The SMILES string of the molecule is CCOc1ccc(C(=O)Nc2cc(Cl)c(Cl)cc2Cl)cc1CSc1ccc(C)cc1. The molecule has 1 N–H and O–H groups in total. The van der Waals surface area contributed by atoms with Crippen molar-refractivity contribution in [2.75, 3.05) is 11.9 Å². The summed E-state index contributed by atoms with van der Waals surface area (Å²) in [6.07, 6.45) is 0. The molecule has 156 valence electrons. The number of hydrogen-bond acceptors (Lipinski definition) is 3. The number of halogens is 3. The lowest BCUT2D eigenvalue weighted by Crippen LogP contribution is -2.13. The molecule has 0 aliphatic heterocycles. The normalized spacial score (nSPS) is 10.7. The van der Waals surface area contributed by atoms with Gasteiger partial charge in [-0.15, -0.1) is 11.8 Å². The number of carbonyl (C=O) groups excluding carboxylic acids is 1. The van der Waals surface area contributed by atoms with Gasteiger partial charge in [0.1, 0.15) is 5.75 Å². The summed E-state index contributed by atoms with van der Waals surface area (Å²) in [5.41, 5.74) is 3.06. The topological polar surface area (TPSA) is 38.3 Å². The maximum atomic E-state index is 12.8. The number of anilines is 1.